The Morgan fingerprint density at radius 1 is 1.09 bits per heavy atom. The third kappa shape index (κ3) is 2.44. The highest BCUT2D eigenvalue weighted by molar-refractivity contribution is 5.93. The summed E-state index contributed by atoms with van der Waals surface area (Å²) >= 11 is 0. The summed E-state index contributed by atoms with van der Waals surface area (Å²) < 4.78 is 0. The van der Waals surface area contributed by atoms with Crippen LogP contribution in [0.2, 0.25) is 0 Å². The standard InChI is InChI=1S/C17H16N6/c1-2-18-13-6-3-5-11-9-12(10-20-15(11)13)21-17-16-14(22-23-17)7-4-8-19-16/h3-10,18H,2H2,1H3,(H2,21,22,23). The number of pyridine rings is 2. The summed E-state index contributed by atoms with van der Waals surface area (Å²) in [4.78, 5) is 8.93. The van der Waals surface area contributed by atoms with Crippen molar-refractivity contribution in [1.29, 1.82) is 0 Å². The van der Waals surface area contributed by atoms with Gasteiger partial charge in [-0.3, -0.25) is 15.1 Å². The lowest BCUT2D eigenvalue weighted by atomic mass is 10.2. The quantitative estimate of drug-likeness (QED) is 0.536. The molecule has 6 nitrogen and oxygen atoms in total. The molecule has 0 aliphatic heterocycles. The average Bonchev–Trinajstić information content (AvgIpc) is 2.98. The first-order chi connectivity index (χ1) is 11.3. The number of fused-ring (bicyclic) bond motifs is 2. The fourth-order valence-corrected chi connectivity index (χ4v) is 2.64. The van der Waals surface area contributed by atoms with Crippen molar-refractivity contribution in [3.05, 3.63) is 48.8 Å². The fourth-order valence-electron chi connectivity index (χ4n) is 2.64. The molecule has 0 atom stereocenters. The highest BCUT2D eigenvalue weighted by Crippen LogP contribution is 2.26. The number of rotatable bonds is 4. The Bertz CT molecular complexity index is 975. The van der Waals surface area contributed by atoms with Crippen LogP contribution in [0.3, 0.4) is 0 Å². The lowest BCUT2D eigenvalue weighted by molar-refractivity contribution is 1.12. The van der Waals surface area contributed by atoms with Crippen LogP contribution >= 0.6 is 0 Å². The van der Waals surface area contributed by atoms with Crippen molar-refractivity contribution in [1.82, 2.24) is 20.2 Å². The van der Waals surface area contributed by atoms with Gasteiger partial charge in [0.15, 0.2) is 5.82 Å². The summed E-state index contributed by atoms with van der Waals surface area (Å²) in [5.41, 5.74) is 4.60. The van der Waals surface area contributed by atoms with Gasteiger partial charge in [-0.15, -0.1) is 0 Å². The average molecular weight is 304 g/mol. The minimum atomic E-state index is 0.699. The van der Waals surface area contributed by atoms with E-state index in [9.17, 15) is 0 Å². The Balaban J connectivity index is 1.72. The predicted molar refractivity (Wildman–Crippen MR) is 93.1 cm³/mol. The van der Waals surface area contributed by atoms with Crippen molar-refractivity contribution in [2.45, 2.75) is 6.92 Å². The zero-order valence-corrected chi connectivity index (χ0v) is 12.7. The molecule has 114 valence electrons. The number of aromatic nitrogens is 4. The fraction of sp³-hybridized carbons (Fsp3) is 0.118. The second-order valence-electron chi connectivity index (χ2n) is 5.23. The van der Waals surface area contributed by atoms with Crippen molar-refractivity contribution in [3.63, 3.8) is 0 Å². The number of aromatic amines is 1. The van der Waals surface area contributed by atoms with Crippen LogP contribution in [0.1, 0.15) is 6.92 Å². The molecule has 0 amide bonds. The SMILES string of the molecule is CCNc1cccc2cc(Nc3n[nH]c4cccnc34)cnc12. The van der Waals surface area contributed by atoms with E-state index in [1.165, 1.54) is 0 Å². The summed E-state index contributed by atoms with van der Waals surface area (Å²) in [6.45, 7) is 2.94. The maximum absolute atomic E-state index is 4.58. The number of anilines is 3. The lowest BCUT2D eigenvalue weighted by Crippen LogP contribution is -1.99. The Morgan fingerprint density at radius 3 is 2.96 bits per heavy atom. The first kappa shape index (κ1) is 13.5. The number of H-pyrrole nitrogens is 1. The highest BCUT2D eigenvalue weighted by Gasteiger charge is 2.08. The molecule has 3 aromatic heterocycles. The molecule has 23 heavy (non-hydrogen) atoms. The van der Waals surface area contributed by atoms with Crippen LogP contribution in [-0.2, 0) is 0 Å². The van der Waals surface area contributed by atoms with Gasteiger partial charge in [0, 0.05) is 18.1 Å². The van der Waals surface area contributed by atoms with Gasteiger partial charge in [0.1, 0.15) is 5.52 Å². The molecule has 0 saturated carbocycles. The summed E-state index contributed by atoms with van der Waals surface area (Å²) in [6.07, 6.45) is 3.57. The Kier molecular flexibility index (Phi) is 3.27. The largest absolute Gasteiger partial charge is 0.384 e. The molecule has 3 heterocycles. The molecule has 3 N–H and O–H groups in total. The number of hydrogen-bond donors (Lipinski definition) is 3. The van der Waals surface area contributed by atoms with E-state index in [2.05, 4.69) is 49.9 Å². The zero-order valence-electron chi connectivity index (χ0n) is 12.7. The molecule has 4 rings (SSSR count). The van der Waals surface area contributed by atoms with E-state index in [0.29, 0.717) is 5.82 Å². The summed E-state index contributed by atoms with van der Waals surface area (Å²) in [5.74, 6) is 0.699. The van der Waals surface area contributed by atoms with E-state index in [4.69, 9.17) is 0 Å². The van der Waals surface area contributed by atoms with Gasteiger partial charge in [0.2, 0.25) is 0 Å². The Morgan fingerprint density at radius 2 is 2.04 bits per heavy atom. The molecule has 0 spiro atoms. The van der Waals surface area contributed by atoms with Gasteiger partial charge in [-0.2, -0.15) is 5.10 Å². The van der Waals surface area contributed by atoms with E-state index in [1.807, 2.05) is 30.5 Å². The Hall–Kier alpha value is -3.15. The molecule has 0 aliphatic carbocycles. The van der Waals surface area contributed by atoms with E-state index in [0.717, 1.165) is 39.9 Å². The number of hydrogen-bond acceptors (Lipinski definition) is 5. The molecule has 0 aliphatic rings. The van der Waals surface area contributed by atoms with Gasteiger partial charge < -0.3 is 10.6 Å². The van der Waals surface area contributed by atoms with Crippen LogP contribution < -0.4 is 10.6 Å². The predicted octanol–water partition coefficient (Wildman–Crippen LogP) is 3.68. The van der Waals surface area contributed by atoms with E-state index < -0.39 is 0 Å². The van der Waals surface area contributed by atoms with Crippen molar-refractivity contribution in [3.8, 4) is 0 Å². The van der Waals surface area contributed by atoms with Gasteiger partial charge in [-0.1, -0.05) is 12.1 Å². The molecular weight excluding hydrogens is 288 g/mol. The van der Waals surface area contributed by atoms with Gasteiger partial charge in [0.05, 0.1) is 28.6 Å². The molecule has 0 saturated heterocycles. The summed E-state index contributed by atoms with van der Waals surface area (Å²) in [5, 5.41) is 14.9. The van der Waals surface area contributed by atoms with Gasteiger partial charge in [0.25, 0.3) is 0 Å². The number of benzene rings is 1. The summed E-state index contributed by atoms with van der Waals surface area (Å²) in [7, 11) is 0. The van der Waals surface area contributed by atoms with E-state index in [1.54, 1.807) is 6.20 Å². The Labute approximate surface area is 133 Å². The maximum atomic E-state index is 4.58. The summed E-state index contributed by atoms with van der Waals surface area (Å²) in [6, 6.07) is 12.0. The highest BCUT2D eigenvalue weighted by atomic mass is 15.2. The van der Waals surface area contributed by atoms with Gasteiger partial charge >= 0.3 is 0 Å². The minimum absolute atomic E-state index is 0.699. The van der Waals surface area contributed by atoms with Crippen molar-refractivity contribution in [2.24, 2.45) is 0 Å². The van der Waals surface area contributed by atoms with Gasteiger partial charge in [-0.25, -0.2) is 0 Å². The van der Waals surface area contributed by atoms with Crippen LogP contribution in [0, 0.1) is 0 Å². The third-order valence-electron chi connectivity index (χ3n) is 3.66. The number of nitrogens with one attached hydrogen (secondary N) is 3. The third-order valence-corrected chi connectivity index (χ3v) is 3.66. The van der Waals surface area contributed by atoms with Crippen molar-refractivity contribution < 1.29 is 0 Å². The molecule has 0 unspecified atom stereocenters. The molecule has 0 radical (unpaired) electrons. The number of para-hydroxylation sites is 1. The van der Waals surface area contributed by atoms with Crippen LogP contribution in [0.15, 0.2) is 48.8 Å². The molecule has 4 aromatic rings. The first-order valence-corrected chi connectivity index (χ1v) is 7.54. The van der Waals surface area contributed by atoms with Crippen LogP contribution in [0.25, 0.3) is 21.9 Å². The molecule has 6 heteroatoms. The van der Waals surface area contributed by atoms with Gasteiger partial charge in [-0.05, 0) is 31.2 Å². The van der Waals surface area contributed by atoms with Crippen molar-refractivity contribution >= 4 is 39.1 Å². The monoisotopic (exact) mass is 304 g/mol. The molecule has 0 fully saturated rings. The lowest BCUT2D eigenvalue weighted by Gasteiger charge is -2.09. The molecule has 0 bridgehead atoms. The van der Waals surface area contributed by atoms with Crippen molar-refractivity contribution in [2.75, 3.05) is 17.2 Å². The van der Waals surface area contributed by atoms with E-state index in [-0.39, 0.29) is 0 Å². The van der Waals surface area contributed by atoms with Crippen LogP contribution in [0.5, 0.6) is 0 Å². The molecular formula is C17H16N6. The van der Waals surface area contributed by atoms with Crippen LogP contribution in [-0.4, -0.2) is 26.7 Å². The normalized spacial score (nSPS) is 11.0. The second-order valence-corrected chi connectivity index (χ2v) is 5.23. The molecule has 1 aromatic carbocycles. The van der Waals surface area contributed by atoms with E-state index >= 15 is 0 Å². The van der Waals surface area contributed by atoms with Crippen LogP contribution in [0.4, 0.5) is 17.2 Å². The first-order valence-electron chi connectivity index (χ1n) is 7.54. The smallest absolute Gasteiger partial charge is 0.178 e. The number of nitrogens with zero attached hydrogens (tertiary/aromatic N) is 3. The topological polar surface area (TPSA) is 78.5 Å². The second kappa shape index (κ2) is 5.57. The zero-order chi connectivity index (χ0) is 15.6. The maximum Gasteiger partial charge on any atom is 0.178 e. The minimum Gasteiger partial charge on any atom is -0.384 e.